The lowest BCUT2D eigenvalue weighted by Crippen LogP contribution is -2.28. The minimum Gasteiger partial charge on any atom is -0.307 e. The first kappa shape index (κ1) is 13.7. The summed E-state index contributed by atoms with van der Waals surface area (Å²) in [5.41, 5.74) is 2.28. The van der Waals surface area contributed by atoms with Crippen LogP contribution < -0.4 is 4.90 Å². The van der Waals surface area contributed by atoms with Gasteiger partial charge in [0.2, 0.25) is 0 Å². The van der Waals surface area contributed by atoms with E-state index in [2.05, 4.69) is 18.0 Å². The zero-order valence-corrected chi connectivity index (χ0v) is 13.7. The van der Waals surface area contributed by atoms with Gasteiger partial charge in [0.05, 0.1) is 11.1 Å². The van der Waals surface area contributed by atoms with Gasteiger partial charge in [0.15, 0.2) is 0 Å². The van der Waals surface area contributed by atoms with E-state index in [1.165, 1.54) is 16.9 Å². The van der Waals surface area contributed by atoms with Gasteiger partial charge in [-0.05, 0) is 23.1 Å². The number of nitrogens with zero attached hydrogens (tertiary/aromatic N) is 2. The van der Waals surface area contributed by atoms with Crippen LogP contribution in [0.25, 0.3) is 9.88 Å². The highest BCUT2D eigenvalue weighted by molar-refractivity contribution is 7.22. The summed E-state index contributed by atoms with van der Waals surface area (Å²) in [5, 5.41) is 2.94. The van der Waals surface area contributed by atoms with Gasteiger partial charge in [-0.2, -0.15) is 0 Å². The van der Waals surface area contributed by atoms with E-state index in [-0.39, 0.29) is 5.91 Å². The summed E-state index contributed by atoms with van der Waals surface area (Å²) in [6.07, 6.45) is 1.70. The monoisotopic (exact) mass is 326 g/mol. The fourth-order valence-electron chi connectivity index (χ4n) is 2.83. The van der Waals surface area contributed by atoms with Crippen molar-refractivity contribution in [1.82, 2.24) is 4.98 Å². The average Bonchev–Trinajstić information content (AvgIpc) is 3.26. The number of benzene rings is 1. The predicted octanol–water partition coefficient (Wildman–Crippen LogP) is 4.64. The minimum atomic E-state index is 0.0529. The second kappa shape index (κ2) is 5.34. The minimum absolute atomic E-state index is 0.0529. The summed E-state index contributed by atoms with van der Waals surface area (Å²) in [6.45, 7) is 2.90. The Morgan fingerprint density at radius 3 is 2.95 bits per heavy atom. The molecule has 3 nitrogen and oxygen atoms in total. The van der Waals surface area contributed by atoms with Crippen LogP contribution in [0, 0.1) is 0 Å². The van der Waals surface area contributed by atoms with Crippen molar-refractivity contribution in [3.05, 3.63) is 58.4 Å². The first-order valence-corrected chi connectivity index (χ1v) is 8.84. The molecule has 0 aliphatic carbocycles. The van der Waals surface area contributed by atoms with E-state index in [0.29, 0.717) is 10.8 Å². The molecule has 0 fully saturated rings. The zero-order chi connectivity index (χ0) is 15.1. The van der Waals surface area contributed by atoms with Crippen molar-refractivity contribution in [3.8, 4) is 9.88 Å². The number of carbonyl (C=O) groups excluding carboxylic acids is 1. The van der Waals surface area contributed by atoms with Crippen molar-refractivity contribution in [2.45, 2.75) is 12.8 Å². The van der Waals surface area contributed by atoms with Crippen molar-refractivity contribution in [2.75, 3.05) is 11.4 Å². The van der Waals surface area contributed by atoms with Crippen molar-refractivity contribution in [1.29, 1.82) is 0 Å². The largest absolute Gasteiger partial charge is 0.307 e. The number of rotatable bonds is 2. The zero-order valence-electron chi connectivity index (χ0n) is 12.0. The van der Waals surface area contributed by atoms with Gasteiger partial charge < -0.3 is 4.90 Å². The third-order valence-corrected chi connectivity index (χ3v) is 5.93. The quantitative estimate of drug-likeness (QED) is 0.687. The lowest BCUT2D eigenvalue weighted by atomic mass is 10.0. The van der Waals surface area contributed by atoms with Gasteiger partial charge in [-0.25, -0.2) is 4.98 Å². The molecular weight excluding hydrogens is 312 g/mol. The normalized spacial score (nSPS) is 16.8. The lowest BCUT2D eigenvalue weighted by Gasteiger charge is -2.16. The topological polar surface area (TPSA) is 33.2 Å². The van der Waals surface area contributed by atoms with Crippen LogP contribution in [0.4, 0.5) is 5.69 Å². The van der Waals surface area contributed by atoms with Gasteiger partial charge in [-0.1, -0.05) is 31.2 Å². The Kier molecular flexibility index (Phi) is 3.32. The number of anilines is 1. The van der Waals surface area contributed by atoms with Crippen LogP contribution in [0.15, 0.2) is 48.0 Å². The van der Waals surface area contributed by atoms with E-state index in [1.807, 2.05) is 40.6 Å². The fourth-order valence-corrected chi connectivity index (χ4v) is 4.50. The summed E-state index contributed by atoms with van der Waals surface area (Å²) in [5.74, 6) is 0.432. The van der Waals surface area contributed by atoms with Gasteiger partial charge in [0.25, 0.3) is 5.91 Å². The molecule has 4 rings (SSSR count). The fraction of sp³-hybridized carbons (Fsp3) is 0.176. The van der Waals surface area contributed by atoms with Gasteiger partial charge in [0, 0.05) is 18.2 Å². The van der Waals surface area contributed by atoms with Gasteiger partial charge in [0.1, 0.15) is 9.88 Å². The summed E-state index contributed by atoms with van der Waals surface area (Å²) >= 11 is 3.11. The highest BCUT2D eigenvalue weighted by Crippen LogP contribution is 2.37. The molecule has 3 heterocycles. The van der Waals surface area contributed by atoms with Crippen LogP contribution in [0.1, 0.15) is 28.1 Å². The molecule has 1 atom stereocenters. The molecule has 1 aliphatic heterocycles. The number of thiophene rings is 1. The Labute approximate surface area is 136 Å². The summed E-state index contributed by atoms with van der Waals surface area (Å²) in [7, 11) is 0. The van der Waals surface area contributed by atoms with Crippen LogP contribution in [0.2, 0.25) is 0 Å². The molecule has 1 aromatic carbocycles. The first-order chi connectivity index (χ1) is 10.7. The van der Waals surface area contributed by atoms with Gasteiger partial charge in [-0.3, -0.25) is 4.79 Å². The molecule has 0 saturated heterocycles. The molecule has 0 spiro atoms. The number of aromatic nitrogens is 1. The van der Waals surface area contributed by atoms with Crippen molar-refractivity contribution >= 4 is 34.3 Å². The predicted molar refractivity (Wildman–Crippen MR) is 92.0 cm³/mol. The second-order valence-electron chi connectivity index (χ2n) is 5.38. The van der Waals surface area contributed by atoms with Crippen LogP contribution in [0.3, 0.4) is 0 Å². The number of fused-ring (bicyclic) bond motifs is 1. The molecule has 3 aromatic rings. The van der Waals surface area contributed by atoms with Gasteiger partial charge >= 0.3 is 0 Å². The van der Waals surface area contributed by atoms with Gasteiger partial charge in [-0.15, -0.1) is 22.7 Å². The van der Waals surface area contributed by atoms with E-state index >= 15 is 0 Å². The number of hydrogen-bond donors (Lipinski definition) is 0. The van der Waals surface area contributed by atoms with Crippen LogP contribution in [-0.4, -0.2) is 17.4 Å². The molecular formula is C17H14N2OS2. The molecule has 1 aliphatic rings. The maximum Gasteiger partial charge on any atom is 0.270 e. The molecule has 5 heteroatoms. The van der Waals surface area contributed by atoms with Crippen LogP contribution in [0.5, 0.6) is 0 Å². The Balaban J connectivity index is 1.66. The van der Waals surface area contributed by atoms with E-state index in [1.54, 1.807) is 17.5 Å². The lowest BCUT2D eigenvalue weighted by molar-refractivity contribution is 0.0992. The third-order valence-electron chi connectivity index (χ3n) is 3.91. The van der Waals surface area contributed by atoms with Crippen LogP contribution in [-0.2, 0) is 0 Å². The molecule has 1 unspecified atom stereocenters. The molecule has 2 aromatic heterocycles. The van der Waals surface area contributed by atoms with E-state index < -0.39 is 0 Å². The Bertz CT molecular complexity index is 823. The van der Waals surface area contributed by atoms with Crippen molar-refractivity contribution in [3.63, 3.8) is 0 Å². The number of hydrogen-bond acceptors (Lipinski definition) is 4. The maximum atomic E-state index is 12.8. The highest BCUT2D eigenvalue weighted by atomic mass is 32.1. The smallest absolute Gasteiger partial charge is 0.270 e. The maximum absolute atomic E-state index is 12.8. The first-order valence-electron chi connectivity index (χ1n) is 7.14. The Morgan fingerprint density at radius 1 is 1.27 bits per heavy atom. The summed E-state index contributed by atoms with van der Waals surface area (Å²) < 4.78 is 0. The standard InChI is InChI=1S/C17H14N2OS2/c1-11-10-19(13-6-3-2-5-12(11)13)17(20)15-9-18-16(22-15)14-7-4-8-21-14/h2-9,11H,10H2,1H3. The summed E-state index contributed by atoms with van der Waals surface area (Å²) in [6, 6.07) is 12.2. The number of thiazole rings is 1. The van der Waals surface area contributed by atoms with E-state index in [0.717, 1.165) is 22.1 Å². The molecule has 0 saturated carbocycles. The number of para-hydroxylation sites is 1. The second-order valence-corrected chi connectivity index (χ2v) is 7.36. The number of amides is 1. The molecule has 22 heavy (non-hydrogen) atoms. The molecule has 110 valence electrons. The van der Waals surface area contributed by atoms with Crippen LogP contribution >= 0.6 is 22.7 Å². The van der Waals surface area contributed by atoms with Crippen molar-refractivity contribution in [2.24, 2.45) is 0 Å². The highest BCUT2D eigenvalue weighted by Gasteiger charge is 2.30. The SMILES string of the molecule is CC1CN(C(=O)c2cnc(-c3cccs3)s2)c2ccccc21. The molecule has 0 bridgehead atoms. The molecule has 0 radical (unpaired) electrons. The Morgan fingerprint density at radius 2 is 2.14 bits per heavy atom. The van der Waals surface area contributed by atoms with E-state index in [9.17, 15) is 4.79 Å². The summed E-state index contributed by atoms with van der Waals surface area (Å²) in [4.78, 5) is 20.9. The Hall–Kier alpha value is -1.98. The van der Waals surface area contributed by atoms with Crippen molar-refractivity contribution < 1.29 is 4.79 Å². The molecule has 0 N–H and O–H groups in total. The average molecular weight is 326 g/mol. The third kappa shape index (κ3) is 2.17. The molecule has 1 amide bonds. The number of carbonyl (C=O) groups is 1. The van der Waals surface area contributed by atoms with E-state index in [4.69, 9.17) is 0 Å².